The first-order valence-corrected chi connectivity index (χ1v) is 13.8. The minimum Gasteiger partial charge on any atom is -0.381 e. The molecule has 0 atom stereocenters. The molecule has 2 aromatic carbocycles. The standard InChI is InChI=1S/C32H32ClN5O/c1-20-4-15-27-31(16-20)38(25-11-6-22(33)7-12-25)32-18-29(35-23-9-13-26(39-3)14-10-23)28(17-30(32)37-27)36-24-8-5-21(2)34-19-24/h4-8,11-12,15-19,23,26,36H,9-10,13-14H2,1-3H3/b35-29+. The summed E-state index contributed by atoms with van der Waals surface area (Å²) in [4.78, 5) is 14.9. The fourth-order valence-corrected chi connectivity index (χ4v) is 5.51. The highest BCUT2D eigenvalue weighted by molar-refractivity contribution is 6.30. The van der Waals surface area contributed by atoms with Gasteiger partial charge in [0.2, 0.25) is 0 Å². The summed E-state index contributed by atoms with van der Waals surface area (Å²) in [6.45, 7) is 4.10. The highest BCUT2D eigenvalue weighted by Crippen LogP contribution is 2.32. The van der Waals surface area contributed by atoms with Crippen molar-refractivity contribution in [3.63, 3.8) is 0 Å². The maximum absolute atomic E-state index is 6.26. The SMILES string of the molecule is COC1CCC(/N=c2\cc3n(-c4ccc(Cl)cc4)c4cc(C)ccc4nc-3cc2Nc2ccc(C)nc2)CC1. The number of aromatic nitrogens is 3. The van der Waals surface area contributed by atoms with E-state index in [1.165, 1.54) is 5.56 Å². The molecule has 39 heavy (non-hydrogen) atoms. The number of methoxy groups -OCH3 is 1. The molecule has 6 nitrogen and oxygen atoms in total. The molecule has 2 heterocycles. The van der Waals surface area contributed by atoms with Gasteiger partial charge in [0.15, 0.2) is 0 Å². The molecule has 2 aliphatic carbocycles. The van der Waals surface area contributed by atoms with Crippen LogP contribution in [0.4, 0.5) is 11.4 Å². The van der Waals surface area contributed by atoms with Gasteiger partial charge in [0.1, 0.15) is 0 Å². The molecule has 1 aliphatic heterocycles. The molecular formula is C32H32ClN5O. The highest BCUT2D eigenvalue weighted by Gasteiger charge is 2.22. The Morgan fingerprint density at radius 2 is 1.74 bits per heavy atom. The number of aryl methyl sites for hydroxylation is 2. The fourth-order valence-electron chi connectivity index (χ4n) is 5.38. The third-order valence-corrected chi connectivity index (χ3v) is 7.77. The van der Waals surface area contributed by atoms with Crippen molar-refractivity contribution in [1.82, 2.24) is 14.5 Å². The van der Waals surface area contributed by atoms with Crippen LogP contribution in [0.25, 0.3) is 28.1 Å². The molecule has 1 aromatic heterocycles. The number of nitrogens with one attached hydrogen (secondary N) is 1. The number of ether oxygens (including phenoxy) is 1. The van der Waals surface area contributed by atoms with E-state index in [0.29, 0.717) is 11.1 Å². The average Bonchev–Trinajstić information content (AvgIpc) is 2.95. The van der Waals surface area contributed by atoms with E-state index in [1.54, 1.807) is 7.11 Å². The molecule has 1 N–H and O–H groups in total. The molecular weight excluding hydrogens is 506 g/mol. The molecule has 3 aromatic rings. The number of pyridine rings is 1. The average molecular weight is 538 g/mol. The second-order valence-electron chi connectivity index (χ2n) is 10.4. The lowest BCUT2D eigenvalue weighted by Gasteiger charge is -2.25. The molecule has 0 spiro atoms. The van der Waals surface area contributed by atoms with E-state index in [-0.39, 0.29) is 6.04 Å². The van der Waals surface area contributed by atoms with Crippen LogP contribution >= 0.6 is 11.6 Å². The number of hydrogen-bond acceptors (Lipinski definition) is 5. The Bertz CT molecular complexity index is 1650. The van der Waals surface area contributed by atoms with E-state index in [1.807, 2.05) is 37.4 Å². The van der Waals surface area contributed by atoms with Crippen LogP contribution in [0.5, 0.6) is 0 Å². The highest BCUT2D eigenvalue weighted by atomic mass is 35.5. The van der Waals surface area contributed by atoms with Gasteiger partial charge in [0, 0.05) is 23.5 Å². The Balaban J connectivity index is 1.58. The Hall–Kier alpha value is -3.74. The van der Waals surface area contributed by atoms with Crippen LogP contribution in [0, 0.1) is 13.8 Å². The summed E-state index contributed by atoms with van der Waals surface area (Å²) in [5, 5.41) is 5.20. The van der Waals surface area contributed by atoms with Crippen LogP contribution in [0.2, 0.25) is 5.02 Å². The van der Waals surface area contributed by atoms with Crippen molar-refractivity contribution in [2.24, 2.45) is 4.99 Å². The lowest BCUT2D eigenvalue weighted by Crippen LogP contribution is -2.25. The quantitative estimate of drug-likeness (QED) is 0.237. The first-order chi connectivity index (χ1) is 19.0. The van der Waals surface area contributed by atoms with Crippen molar-refractivity contribution >= 4 is 34.0 Å². The van der Waals surface area contributed by atoms with Gasteiger partial charge in [-0.2, -0.15) is 0 Å². The van der Waals surface area contributed by atoms with Gasteiger partial charge in [-0.1, -0.05) is 17.7 Å². The van der Waals surface area contributed by atoms with E-state index in [2.05, 4.69) is 64.3 Å². The number of hydrogen-bond donors (Lipinski definition) is 1. The van der Waals surface area contributed by atoms with Crippen molar-refractivity contribution in [3.8, 4) is 17.1 Å². The van der Waals surface area contributed by atoms with Crippen LogP contribution in [-0.4, -0.2) is 33.8 Å². The summed E-state index contributed by atoms with van der Waals surface area (Å²) in [7, 11) is 1.80. The lowest BCUT2D eigenvalue weighted by atomic mass is 9.93. The minimum atomic E-state index is 0.241. The van der Waals surface area contributed by atoms with Gasteiger partial charge in [-0.05, 0) is 106 Å². The Morgan fingerprint density at radius 1 is 0.949 bits per heavy atom. The van der Waals surface area contributed by atoms with Crippen LogP contribution in [0.1, 0.15) is 36.9 Å². The Labute approximate surface area is 233 Å². The van der Waals surface area contributed by atoms with Crippen LogP contribution in [0.3, 0.4) is 0 Å². The molecule has 0 unspecified atom stereocenters. The van der Waals surface area contributed by atoms with E-state index in [0.717, 1.165) is 76.2 Å². The summed E-state index contributed by atoms with van der Waals surface area (Å²) < 4.78 is 7.86. The number of anilines is 2. The van der Waals surface area contributed by atoms with Gasteiger partial charge >= 0.3 is 0 Å². The zero-order valence-electron chi connectivity index (χ0n) is 22.5. The van der Waals surface area contributed by atoms with E-state index < -0.39 is 0 Å². The molecule has 6 rings (SSSR count). The monoisotopic (exact) mass is 537 g/mol. The van der Waals surface area contributed by atoms with Crippen molar-refractivity contribution in [3.05, 3.63) is 94.6 Å². The molecule has 3 aliphatic rings. The maximum Gasteiger partial charge on any atom is 0.0900 e. The van der Waals surface area contributed by atoms with Crippen LogP contribution < -0.4 is 10.7 Å². The number of rotatable bonds is 5. The molecule has 7 heteroatoms. The second-order valence-corrected chi connectivity index (χ2v) is 10.8. The number of fused-ring (bicyclic) bond motifs is 2. The number of benzene rings is 3. The van der Waals surface area contributed by atoms with E-state index >= 15 is 0 Å². The van der Waals surface area contributed by atoms with Gasteiger partial charge in [-0.25, -0.2) is 4.98 Å². The molecule has 1 saturated carbocycles. The van der Waals surface area contributed by atoms with Gasteiger partial charge in [-0.15, -0.1) is 0 Å². The largest absolute Gasteiger partial charge is 0.381 e. The van der Waals surface area contributed by atoms with Crippen molar-refractivity contribution in [2.75, 3.05) is 12.4 Å². The van der Waals surface area contributed by atoms with E-state index in [4.69, 9.17) is 26.3 Å². The first kappa shape index (κ1) is 25.5. The predicted octanol–water partition coefficient (Wildman–Crippen LogP) is 7.40. The smallest absolute Gasteiger partial charge is 0.0900 e. The molecule has 0 radical (unpaired) electrons. The van der Waals surface area contributed by atoms with Crippen molar-refractivity contribution in [2.45, 2.75) is 51.7 Å². The van der Waals surface area contributed by atoms with Gasteiger partial charge in [0.25, 0.3) is 0 Å². The van der Waals surface area contributed by atoms with Gasteiger partial charge < -0.3 is 14.6 Å². The van der Waals surface area contributed by atoms with Crippen LogP contribution in [0.15, 0.2) is 77.9 Å². The molecule has 198 valence electrons. The first-order valence-electron chi connectivity index (χ1n) is 13.5. The minimum absolute atomic E-state index is 0.241. The van der Waals surface area contributed by atoms with E-state index in [9.17, 15) is 0 Å². The normalized spacial score (nSPS) is 18.1. The topological polar surface area (TPSA) is 64.3 Å². The summed E-state index contributed by atoms with van der Waals surface area (Å²) in [5.41, 5.74) is 8.86. The summed E-state index contributed by atoms with van der Waals surface area (Å²) in [5.74, 6) is 0. The molecule has 0 bridgehead atoms. The predicted molar refractivity (Wildman–Crippen MR) is 158 cm³/mol. The number of halogens is 1. The molecule has 0 amide bonds. The van der Waals surface area contributed by atoms with Gasteiger partial charge in [0.05, 0.1) is 57.5 Å². The zero-order chi connectivity index (χ0) is 26.9. The second kappa shape index (κ2) is 10.8. The third-order valence-electron chi connectivity index (χ3n) is 7.52. The summed E-state index contributed by atoms with van der Waals surface area (Å²) in [6.07, 6.45) is 6.26. The van der Waals surface area contributed by atoms with Crippen molar-refractivity contribution < 1.29 is 4.74 Å². The maximum atomic E-state index is 6.26. The van der Waals surface area contributed by atoms with Crippen molar-refractivity contribution in [1.29, 1.82) is 0 Å². The molecule has 1 fully saturated rings. The third kappa shape index (κ3) is 5.40. The Kier molecular flexibility index (Phi) is 7.07. The zero-order valence-corrected chi connectivity index (χ0v) is 23.2. The van der Waals surface area contributed by atoms with Crippen LogP contribution in [-0.2, 0) is 4.74 Å². The molecule has 0 saturated heterocycles. The number of nitrogens with zero attached hydrogens (tertiary/aromatic N) is 4. The fraction of sp³-hybridized carbons (Fsp3) is 0.281. The summed E-state index contributed by atoms with van der Waals surface area (Å²) in [6, 6.07) is 22.9. The lowest BCUT2D eigenvalue weighted by molar-refractivity contribution is 0.0663. The van der Waals surface area contributed by atoms with Gasteiger partial charge in [-0.3, -0.25) is 9.98 Å². The Morgan fingerprint density at radius 3 is 2.46 bits per heavy atom. The summed E-state index contributed by atoms with van der Waals surface area (Å²) >= 11 is 6.26.